The first-order valence-electron chi connectivity index (χ1n) is 7.21. The van der Waals surface area contributed by atoms with Crippen molar-refractivity contribution in [3.8, 4) is 0 Å². The van der Waals surface area contributed by atoms with Gasteiger partial charge in [-0.1, -0.05) is 44.4 Å². The lowest BCUT2D eigenvalue weighted by molar-refractivity contribution is 0.0943. The fourth-order valence-corrected chi connectivity index (χ4v) is 3.32. The molecule has 108 valence electrons. The topological polar surface area (TPSA) is 55.1 Å². The molecule has 1 aromatic carbocycles. The minimum absolute atomic E-state index is 0.0484. The third-order valence-electron chi connectivity index (χ3n) is 3.46. The van der Waals surface area contributed by atoms with Crippen molar-refractivity contribution in [1.82, 2.24) is 5.32 Å². The Hall–Kier alpha value is -1.55. The van der Waals surface area contributed by atoms with Crippen LogP contribution in [-0.4, -0.2) is 11.9 Å². The van der Waals surface area contributed by atoms with Crippen LogP contribution in [0.3, 0.4) is 0 Å². The van der Waals surface area contributed by atoms with E-state index in [4.69, 9.17) is 5.73 Å². The number of nitrogens with two attached hydrogens (primary N) is 1. The molecule has 1 aromatic heterocycles. The number of nitrogen functional groups attached to an aromatic ring is 1. The van der Waals surface area contributed by atoms with E-state index in [-0.39, 0.29) is 11.9 Å². The van der Waals surface area contributed by atoms with E-state index >= 15 is 0 Å². The third-order valence-corrected chi connectivity index (χ3v) is 4.64. The highest BCUT2D eigenvalue weighted by Gasteiger charge is 2.17. The molecule has 4 heteroatoms. The molecule has 0 spiro atoms. The largest absolute Gasteiger partial charge is 0.397 e. The summed E-state index contributed by atoms with van der Waals surface area (Å²) >= 11 is 1.47. The maximum Gasteiger partial charge on any atom is 0.263 e. The molecule has 20 heavy (non-hydrogen) atoms. The fourth-order valence-electron chi connectivity index (χ4n) is 2.30. The lowest BCUT2D eigenvalue weighted by Gasteiger charge is -2.13. The second kappa shape index (κ2) is 6.75. The summed E-state index contributed by atoms with van der Waals surface area (Å²) in [4.78, 5) is 12.9. The van der Waals surface area contributed by atoms with E-state index in [1.165, 1.54) is 24.2 Å². The number of unbranched alkanes of at least 4 members (excludes halogenated alkanes) is 2. The first-order valence-corrected chi connectivity index (χ1v) is 8.03. The molecule has 3 nitrogen and oxygen atoms in total. The second-order valence-electron chi connectivity index (χ2n) is 5.21. The Morgan fingerprint density at radius 2 is 2.10 bits per heavy atom. The third kappa shape index (κ3) is 3.31. The number of hydrogen-bond donors (Lipinski definition) is 2. The Balaban J connectivity index is 2.06. The van der Waals surface area contributed by atoms with Crippen molar-refractivity contribution in [2.24, 2.45) is 0 Å². The average molecular weight is 290 g/mol. The van der Waals surface area contributed by atoms with Crippen LogP contribution in [-0.2, 0) is 0 Å². The molecular weight excluding hydrogens is 268 g/mol. The Morgan fingerprint density at radius 3 is 2.80 bits per heavy atom. The number of fused-ring (bicyclic) bond motifs is 1. The number of nitrogens with one attached hydrogen (secondary N) is 1. The Bertz CT molecular complexity index is 591. The molecule has 1 amide bonds. The zero-order valence-corrected chi connectivity index (χ0v) is 12.9. The molecule has 0 aliphatic carbocycles. The maximum absolute atomic E-state index is 12.3. The van der Waals surface area contributed by atoms with Crippen molar-refractivity contribution in [2.45, 2.75) is 45.6 Å². The van der Waals surface area contributed by atoms with Gasteiger partial charge in [0.1, 0.15) is 4.88 Å². The molecular formula is C16H22N2OS. The van der Waals surface area contributed by atoms with Gasteiger partial charge < -0.3 is 11.1 Å². The Morgan fingerprint density at radius 1 is 1.35 bits per heavy atom. The molecule has 0 aliphatic heterocycles. The summed E-state index contributed by atoms with van der Waals surface area (Å²) in [6, 6.07) is 8.06. The van der Waals surface area contributed by atoms with Gasteiger partial charge in [-0.25, -0.2) is 0 Å². The van der Waals surface area contributed by atoms with Gasteiger partial charge in [-0.05, 0) is 19.4 Å². The predicted molar refractivity (Wildman–Crippen MR) is 87.3 cm³/mol. The lowest BCUT2D eigenvalue weighted by atomic mass is 10.1. The molecule has 1 atom stereocenters. The molecule has 0 aliphatic rings. The van der Waals surface area contributed by atoms with Crippen LogP contribution in [0, 0.1) is 0 Å². The van der Waals surface area contributed by atoms with Gasteiger partial charge in [0, 0.05) is 16.1 Å². The van der Waals surface area contributed by atoms with Gasteiger partial charge in [-0.3, -0.25) is 4.79 Å². The minimum Gasteiger partial charge on any atom is -0.397 e. The van der Waals surface area contributed by atoms with Crippen LogP contribution in [0.4, 0.5) is 5.69 Å². The summed E-state index contributed by atoms with van der Waals surface area (Å²) in [6.45, 7) is 4.23. The van der Waals surface area contributed by atoms with Crippen molar-refractivity contribution < 1.29 is 4.79 Å². The van der Waals surface area contributed by atoms with Gasteiger partial charge in [0.15, 0.2) is 0 Å². The van der Waals surface area contributed by atoms with Gasteiger partial charge >= 0.3 is 0 Å². The van der Waals surface area contributed by atoms with Crippen LogP contribution >= 0.6 is 11.3 Å². The highest BCUT2D eigenvalue weighted by molar-refractivity contribution is 7.21. The summed E-state index contributed by atoms with van der Waals surface area (Å²) in [5.41, 5.74) is 6.69. The van der Waals surface area contributed by atoms with Gasteiger partial charge in [0.2, 0.25) is 0 Å². The summed E-state index contributed by atoms with van der Waals surface area (Å²) in [6.07, 6.45) is 4.58. The van der Waals surface area contributed by atoms with Crippen LogP contribution in [0.1, 0.15) is 49.2 Å². The molecule has 1 heterocycles. The van der Waals surface area contributed by atoms with E-state index in [9.17, 15) is 4.79 Å². The van der Waals surface area contributed by atoms with E-state index in [0.717, 1.165) is 22.9 Å². The van der Waals surface area contributed by atoms with Crippen LogP contribution < -0.4 is 11.1 Å². The Labute approximate surface area is 124 Å². The monoisotopic (exact) mass is 290 g/mol. The van der Waals surface area contributed by atoms with Gasteiger partial charge in [-0.2, -0.15) is 0 Å². The highest BCUT2D eigenvalue weighted by atomic mass is 32.1. The molecule has 0 saturated heterocycles. The van der Waals surface area contributed by atoms with Gasteiger partial charge in [-0.15, -0.1) is 11.3 Å². The predicted octanol–water partition coefficient (Wildman–Crippen LogP) is 4.18. The van der Waals surface area contributed by atoms with Crippen molar-refractivity contribution in [2.75, 3.05) is 5.73 Å². The van der Waals surface area contributed by atoms with Crippen molar-refractivity contribution >= 4 is 33.0 Å². The minimum atomic E-state index is -0.0484. The number of thiophene rings is 1. The Kier molecular flexibility index (Phi) is 5.01. The fraction of sp³-hybridized carbons (Fsp3) is 0.438. The molecule has 2 aromatic rings. The van der Waals surface area contributed by atoms with E-state index in [1.54, 1.807) is 0 Å². The van der Waals surface area contributed by atoms with Crippen LogP contribution in [0.15, 0.2) is 24.3 Å². The molecule has 1 unspecified atom stereocenters. The molecule has 0 bridgehead atoms. The summed E-state index contributed by atoms with van der Waals surface area (Å²) < 4.78 is 1.06. The summed E-state index contributed by atoms with van der Waals surface area (Å²) in [5.74, 6) is -0.0484. The first-order chi connectivity index (χ1) is 9.63. The molecule has 2 rings (SSSR count). The lowest BCUT2D eigenvalue weighted by Crippen LogP contribution is -2.32. The van der Waals surface area contributed by atoms with Crippen molar-refractivity contribution in [1.29, 1.82) is 0 Å². The molecule has 0 radical (unpaired) electrons. The number of amides is 1. The average Bonchev–Trinajstić information content (AvgIpc) is 2.77. The zero-order valence-electron chi connectivity index (χ0n) is 12.1. The van der Waals surface area contributed by atoms with Crippen LogP contribution in [0.25, 0.3) is 10.1 Å². The van der Waals surface area contributed by atoms with E-state index in [0.29, 0.717) is 10.6 Å². The van der Waals surface area contributed by atoms with Gasteiger partial charge in [0.05, 0.1) is 5.69 Å². The molecule has 3 N–H and O–H groups in total. The number of carbonyl (C=O) groups is 1. The normalized spacial score (nSPS) is 12.5. The number of benzene rings is 1. The van der Waals surface area contributed by atoms with Crippen molar-refractivity contribution in [3.63, 3.8) is 0 Å². The molecule has 0 saturated carbocycles. The number of carbonyl (C=O) groups excluding carboxylic acids is 1. The quantitative estimate of drug-likeness (QED) is 0.784. The standard InChI is InChI=1S/C16H22N2OS/c1-3-4-5-8-11(2)18-16(19)15-14(17)12-9-6-7-10-13(12)20-15/h6-7,9-11H,3-5,8,17H2,1-2H3,(H,18,19). The summed E-state index contributed by atoms with van der Waals surface area (Å²) in [5, 5.41) is 4.02. The summed E-state index contributed by atoms with van der Waals surface area (Å²) in [7, 11) is 0. The SMILES string of the molecule is CCCCCC(C)NC(=O)c1sc2ccccc2c1N. The maximum atomic E-state index is 12.3. The van der Waals surface area contributed by atoms with Crippen molar-refractivity contribution in [3.05, 3.63) is 29.1 Å². The number of hydrogen-bond acceptors (Lipinski definition) is 3. The van der Waals surface area contributed by atoms with Crippen LogP contribution in [0.2, 0.25) is 0 Å². The number of anilines is 1. The zero-order chi connectivity index (χ0) is 14.5. The van der Waals surface area contributed by atoms with Crippen LogP contribution in [0.5, 0.6) is 0 Å². The van der Waals surface area contributed by atoms with E-state index in [2.05, 4.69) is 19.2 Å². The smallest absolute Gasteiger partial charge is 0.263 e. The number of rotatable bonds is 6. The van der Waals surface area contributed by atoms with E-state index < -0.39 is 0 Å². The molecule has 0 fully saturated rings. The first kappa shape index (κ1) is 14.9. The van der Waals surface area contributed by atoms with Gasteiger partial charge in [0.25, 0.3) is 5.91 Å². The second-order valence-corrected chi connectivity index (χ2v) is 6.26. The van der Waals surface area contributed by atoms with E-state index in [1.807, 2.05) is 24.3 Å². The highest BCUT2D eigenvalue weighted by Crippen LogP contribution is 2.33.